The Kier molecular flexibility index (Phi) is 8.21. The molecule has 2 atom stereocenters. The Morgan fingerprint density at radius 2 is 1.71 bits per heavy atom. The normalized spacial score (nSPS) is 12.5. The van der Waals surface area contributed by atoms with E-state index in [1.54, 1.807) is 30.3 Å². The lowest BCUT2D eigenvalue weighted by Crippen LogP contribution is -2.46. The summed E-state index contributed by atoms with van der Waals surface area (Å²) in [6, 6.07) is 19.2. The highest BCUT2D eigenvalue weighted by Crippen LogP contribution is 2.27. The molecular weight excluding hydrogens is 439 g/mol. The fourth-order valence-corrected chi connectivity index (χ4v) is 3.38. The van der Waals surface area contributed by atoms with Crippen molar-refractivity contribution in [1.29, 1.82) is 0 Å². The molecule has 3 aromatic carbocycles. The number of aliphatic hydroxyl groups is 1. The molecule has 0 aliphatic carbocycles. The van der Waals surface area contributed by atoms with Gasteiger partial charge in [-0.25, -0.2) is 18.9 Å². The van der Waals surface area contributed by atoms with E-state index in [4.69, 9.17) is 9.84 Å². The second-order valence-corrected chi connectivity index (χ2v) is 7.96. The van der Waals surface area contributed by atoms with Crippen molar-refractivity contribution in [3.05, 3.63) is 84.2 Å². The summed E-state index contributed by atoms with van der Waals surface area (Å²) in [7, 11) is 0. The Balaban J connectivity index is 1.58. The summed E-state index contributed by atoms with van der Waals surface area (Å²) >= 11 is 0. The number of hydrogen-bond acceptors (Lipinski definition) is 4. The van der Waals surface area contributed by atoms with Crippen LogP contribution in [0.1, 0.15) is 25.3 Å². The van der Waals surface area contributed by atoms with Crippen molar-refractivity contribution in [3.8, 4) is 16.9 Å². The molecule has 0 aliphatic rings. The number of urea groups is 1. The van der Waals surface area contributed by atoms with Gasteiger partial charge in [0.1, 0.15) is 11.6 Å². The molecule has 2 unspecified atom stereocenters. The first-order chi connectivity index (χ1) is 16.3. The summed E-state index contributed by atoms with van der Waals surface area (Å²) in [6.07, 6.45) is -1.46. The summed E-state index contributed by atoms with van der Waals surface area (Å²) in [5, 5.41) is 20.8. The summed E-state index contributed by atoms with van der Waals surface area (Å²) in [6.45, 7) is 3.20. The van der Waals surface area contributed by atoms with Crippen molar-refractivity contribution in [2.75, 3.05) is 18.5 Å². The van der Waals surface area contributed by atoms with E-state index in [2.05, 4.69) is 5.32 Å². The molecule has 34 heavy (non-hydrogen) atoms. The Morgan fingerprint density at radius 1 is 1.03 bits per heavy atom. The smallest absolute Gasteiger partial charge is 0.415 e. The van der Waals surface area contributed by atoms with Crippen molar-refractivity contribution in [1.82, 2.24) is 4.90 Å². The van der Waals surface area contributed by atoms with E-state index in [0.29, 0.717) is 28.5 Å². The molecule has 3 aromatic rings. The lowest BCUT2D eigenvalue weighted by Gasteiger charge is -2.23. The second kappa shape index (κ2) is 11.3. The van der Waals surface area contributed by atoms with Gasteiger partial charge in [0.25, 0.3) is 0 Å². The Bertz CT molecular complexity index is 1120. The maximum atomic E-state index is 14.7. The quantitative estimate of drug-likeness (QED) is 0.403. The molecule has 0 saturated heterocycles. The van der Waals surface area contributed by atoms with Crippen molar-refractivity contribution in [2.24, 2.45) is 0 Å². The first kappa shape index (κ1) is 24.7. The molecule has 3 amide bonds. The van der Waals surface area contributed by atoms with E-state index in [-0.39, 0.29) is 11.7 Å². The third-order valence-corrected chi connectivity index (χ3v) is 5.38. The lowest BCUT2D eigenvalue weighted by molar-refractivity contribution is 0.120. The van der Waals surface area contributed by atoms with Crippen LogP contribution in [0.4, 0.5) is 19.7 Å². The first-order valence-electron chi connectivity index (χ1n) is 10.8. The lowest BCUT2D eigenvalue weighted by atomic mass is 9.97. The summed E-state index contributed by atoms with van der Waals surface area (Å²) in [5.41, 5.74) is 2.55. The Hall–Kier alpha value is -3.91. The SMILES string of the molecule is CC(COc1ccc(NC(=O)N(C(=O)O)C(C)CO)cc1)c1ccc(-c2ccccc2)c(F)c1. The molecule has 0 saturated carbocycles. The highest BCUT2D eigenvalue weighted by Gasteiger charge is 2.26. The number of carbonyl (C=O) groups excluding carboxylic acids is 1. The van der Waals surface area contributed by atoms with Crippen molar-refractivity contribution in [3.63, 3.8) is 0 Å². The van der Waals surface area contributed by atoms with Gasteiger partial charge in [0, 0.05) is 17.2 Å². The third-order valence-electron chi connectivity index (χ3n) is 5.38. The van der Waals surface area contributed by atoms with Crippen molar-refractivity contribution < 1.29 is 28.9 Å². The number of halogens is 1. The standard InChI is InChI=1S/C26H27FN2O5/c1-17(20-8-13-23(24(27)14-20)19-6-4-3-5-7-19)16-34-22-11-9-21(10-12-22)28-25(31)29(26(32)33)18(2)15-30/h3-14,17-18,30H,15-16H2,1-2H3,(H,28,31)(H,32,33). The van der Waals surface area contributed by atoms with E-state index >= 15 is 0 Å². The van der Waals surface area contributed by atoms with Gasteiger partial charge >= 0.3 is 12.1 Å². The number of aliphatic hydroxyl groups excluding tert-OH is 1. The number of imide groups is 1. The Labute approximate surface area is 197 Å². The molecule has 178 valence electrons. The van der Waals surface area contributed by atoms with Crippen LogP contribution in [-0.4, -0.2) is 46.5 Å². The molecule has 7 nitrogen and oxygen atoms in total. The van der Waals surface area contributed by atoms with Crippen LogP contribution in [-0.2, 0) is 0 Å². The number of carboxylic acid groups (broad SMARTS) is 1. The van der Waals surface area contributed by atoms with Crippen molar-refractivity contribution in [2.45, 2.75) is 25.8 Å². The number of benzene rings is 3. The van der Waals surface area contributed by atoms with E-state index < -0.39 is 24.8 Å². The predicted molar refractivity (Wildman–Crippen MR) is 128 cm³/mol. The zero-order valence-electron chi connectivity index (χ0n) is 18.9. The molecule has 3 rings (SSSR count). The van der Waals surface area contributed by atoms with Crippen LogP contribution >= 0.6 is 0 Å². The monoisotopic (exact) mass is 466 g/mol. The number of amides is 3. The number of anilines is 1. The maximum Gasteiger partial charge on any atom is 0.415 e. The van der Waals surface area contributed by atoms with E-state index in [9.17, 15) is 19.1 Å². The average molecular weight is 467 g/mol. The van der Waals surface area contributed by atoms with E-state index in [0.717, 1.165) is 11.1 Å². The molecule has 0 aliphatic heterocycles. The number of nitrogens with one attached hydrogen (secondary N) is 1. The van der Waals surface area contributed by atoms with Gasteiger partial charge < -0.3 is 20.3 Å². The molecule has 0 heterocycles. The van der Waals surface area contributed by atoms with Crippen molar-refractivity contribution >= 4 is 17.8 Å². The van der Waals surface area contributed by atoms with Crippen LogP contribution in [0, 0.1) is 5.82 Å². The molecule has 0 aromatic heterocycles. The van der Waals surface area contributed by atoms with Crippen LogP contribution in [0.5, 0.6) is 5.75 Å². The molecule has 0 bridgehead atoms. The summed E-state index contributed by atoms with van der Waals surface area (Å²) in [4.78, 5) is 24.0. The van der Waals surface area contributed by atoms with Gasteiger partial charge in [-0.2, -0.15) is 0 Å². The van der Waals surface area contributed by atoms with Gasteiger partial charge in [0.15, 0.2) is 0 Å². The van der Waals surface area contributed by atoms with Crippen LogP contribution in [0.25, 0.3) is 11.1 Å². The summed E-state index contributed by atoms with van der Waals surface area (Å²) in [5.74, 6) is 0.189. The van der Waals surface area contributed by atoms with Gasteiger partial charge in [-0.3, -0.25) is 0 Å². The Morgan fingerprint density at radius 3 is 2.29 bits per heavy atom. The molecule has 0 spiro atoms. The minimum absolute atomic E-state index is 0.0669. The molecule has 0 radical (unpaired) electrons. The highest BCUT2D eigenvalue weighted by atomic mass is 19.1. The van der Waals surface area contributed by atoms with Gasteiger partial charge in [-0.05, 0) is 48.4 Å². The zero-order chi connectivity index (χ0) is 24.7. The molecule has 8 heteroatoms. The fraction of sp³-hybridized carbons (Fsp3) is 0.231. The maximum absolute atomic E-state index is 14.7. The van der Waals surface area contributed by atoms with Gasteiger partial charge in [-0.1, -0.05) is 49.4 Å². The minimum atomic E-state index is -1.46. The highest BCUT2D eigenvalue weighted by molar-refractivity contribution is 5.98. The first-order valence-corrected chi connectivity index (χ1v) is 10.8. The largest absolute Gasteiger partial charge is 0.493 e. The number of nitrogens with zero attached hydrogens (tertiary/aromatic N) is 1. The van der Waals surface area contributed by atoms with E-state index in [1.165, 1.54) is 13.0 Å². The number of ether oxygens (including phenoxy) is 1. The average Bonchev–Trinajstić information content (AvgIpc) is 2.83. The number of carbonyl (C=O) groups is 2. The third kappa shape index (κ3) is 6.11. The molecule has 0 fully saturated rings. The fourth-order valence-electron chi connectivity index (χ4n) is 3.38. The van der Waals surface area contributed by atoms with Crippen LogP contribution in [0.15, 0.2) is 72.8 Å². The van der Waals surface area contributed by atoms with Crippen LogP contribution in [0.3, 0.4) is 0 Å². The van der Waals surface area contributed by atoms with E-state index in [1.807, 2.05) is 43.3 Å². The predicted octanol–water partition coefficient (Wildman–Crippen LogP) is 5.57. The topological polar surface area (TPSA) is 99.1 Å². The molecular formula is C26H27FN2O5. The zero-order valence-corrected chi connectivity index (χ0v) is 18.9. The number of rotatable bonds is 8. The van der Waals surface area contributed by atoms with Gasteiger partial charge in [0.05, 0.1) is 19.3 Å². The van der Waals surface area contributed by atoms with Crippen LogP contribution in [0.2, 0.25) is 0 Å². The number of hydrogen-bond donors (Lipinski definition) is 3. The van der Waals surface area contributed by atoms with Gasteiger partial charge in [-0.15, -0.1) is 0 Å². The minimum Gasteiger partial charge on any atom is -0.493 e. The van der Waals surface area contributed by atoms with Gasteiger partial charge in [0.2, 0.25) is 0 Å². The van der Waals surface area contributed by atoms with Crippen LogP contribution < -0.4 is 10.1 Å². The second-order valence-electron chi connectivity index (χ2n) is 7.96. The summed E-state index contributed by atoms with van der Waals surface area (Å²) < 4.78 is 20.5. The molecule has 3 N–H and O–H groups in total.